The Labute approximate surface area is 105 Å². The Morgan fingerprint density at radius 3 is 2.69 bits per heavy atom. The Kier molecular flexibility index (Phi) is 3.13. The highest BCUT2D eigenvalue weighted by molar-refractivity contribution is 14.1. The third-order valence-corrected chi connectivity index (χ3v) is 2.38. The number of carbonyl (C=O) groups is 1. The monoisotopic (exact) mass is 330 g/mol. The number of esters is 1. The second-order valence-electron chi connectivity index (χ2n) is 2.85. The lowest BCUT2D eigenvalue weighted by Crippen LogP contribution is -2.07. The van der Waals surface area contributed by atoms with Crippen molar-refractivity contribution in [2.45, 2.75) is 0 Å². The summed E-state index contributed by atoms with van der Waals surface area (Å²) in [6.07, 6.45) is 6.34. The second kappa shape index (κ2) is 4.56. The average Bonchev–Trinajstić information content (AvgIpc) is 2.75. The summed E-state index contributed by atoms with van der Waals surface area (Å²) < 4.78 is 7.10. The van der Waals surface area contributed by atoms with Crippen LogP contribution in [0.15, 0.2) is 24.8 Å². The Balaban J connectivity index is 2.29. The molecular weight excluding hydrogens is 323 g/mol. The summed E-state index contributed by atoms with van der Waals surface area (Å²) in [5.41, 5.74) is 0.174. The Hall–Kier alpha value is -1.51. The molecule has 16 heavy (non-hydrogen) atoms. The number of methoxy groups -OCH3 is 1. The third-order valence-electron chi connectivity index (χ3n) is 1.82. The van der Waals surface area contributed by atoms with Crippen molar-refractivity contribution in [3.63, 3.8) is 0 Å². The molecule has 7 heteroatoms. The lowest BCUT2D eigenvalue weighted by Gasteiger charge is -2.00. The molecule has 0 fully saturated rings. The van der Waals surface area contributed by atoms with Crippen LogP contribution in [0.4, 0.5) is 0 Å². The van der Waals surface area contributed by atoms with Gasteiger partial charge in [-0.05, 0) is 22.6 Å². The van der Waals surface area contributed by atoms with Crippen LogP contribution in [0.2, 0.25) is 0 Å². The molecule has 0 spiro atoms. The first kappa shape index (κ1) is 11.0. The van der Waals surface area contributed by atoms with Crippen molar-refractivity contribution in [3.05, 3.63) is 34.1 Å². The molecule has 0 saturated heterocycles. The number of hydrogen-bond acceptors (Lipinski definition) is 5. The summed E-state index contributed by atoms with van der Waals surface area (Å²) in [4.78, 5) is 19.1. The summed E-state index contributed by atoms with van der Waals surface area (Å²) in [5, 5.41) is 4.07. The molecule has 0 aliphatic heterocycles. The molecule has 0 aromatic carbocycles. The van der Waals surface area contributed by atoms with Crippen LogP contribution in [0.5, 0.6) is 0 Å². The molecule has 0 radical (unpaired) electrons. The van der Waals surface area contributed by atoms with Crippen molar-refractivity contribution < 1.29 is 9.53 Å². The van der Waals surface area contributed by atoms with Gasteiger partial charge in [0.25, 0.3) is 0 Å². The highest BCUT2D eigenvalue weighted by Crippen LogP contribution is 2.06. The molecule has 0 unspecified atom stereocenters. The van der Waals surface area contributed by atoms with Crippen LogP contribution in [-0.2, 0) is 4.74 Å². The molecule has 2 heterocycles. The normalized spacial score (nSPS) is 10.1. The summed E-state index contributed by atoms with van der Waals surface area (Å²) in [6.45, 7) is 0. The minimum absolute atomic E-state index is 0.174. The molecule has 82 valence electrons. The van der Waals surface area contributed by atoms with Crippen LogP contribution in [0, 0.1) is 3.57 Å². The minimum Gasteiger partial charge on any atom is -0.464 e. The Morgan fingerprint density at radius 1 is 1.38 bits per heavy atom. The van der Waals surface area contributed by atoms with Gasteiger partial charge in [0.15, 0.2) is 11.5 Å². The maximum atomic E-state index is 11.1. The topological polar surface area (TPSA) is 69.9 Å². The van der Waals surface area contributed by atoms with E-state index in [1.54, 1.807) is 10.9 Å². The molecule has 0 bridgehead atoms. The number of carbonyl (C=O) groups excluding carboxylic acids is 1. The lowest BCUT2D eigenvalue weighted by molar-refractivity contribution is 0.0593. The molecule has 0 N–H and O–H groups in total. The molecule has 2 aromatic heterocycles. The van der Waals surface area contributed by atoms with Gasteiger partial charge in [0.2, 0.25) is 0 Å². The standard InChI is InChI=1S/C9H7IN4O2/c1-16-9(15)7-3-12-8(4-11-7)14-5-6(10)2-13-14/h2-5H,1H3. The summed E-state index contributed by atoms with van der Waals surface area (Å²) in [6, 6.07) is 0. The zero-order valence-corrected chi connectivity index (χ0v) is 10.5. The van der Waals surface area contributed by atoms with Crippen molar-refractivity contribution in [1.29, 1.82) is 0 Å². The fourth-order valence-electron chi connectivity index (χ4n) is 1.08. The van der Waals surface area contributed by atoms with Gasteiger partial charge >= 0.3 is 5.97 Å². The van der Waals surface area contributed by atoms with Crippen molar-refractivity contribution in [2.24, 2.45) is 0 Å². The quantitative estimate of drug-likeness (QED) is 0.608. The SMILES string of the molecule is COC(=O)c1cnc(-n2cc(I)cn2)cn1. The van der Waals surface area contributed by atoms with E-state index in [-0.39, 0.29) is 5.69 Å². The van der Waals surface area contributed by atoms with Gasteiger partial charge in [0, 0.05) is 6.20 Å². The van der Waals surface area contributed by atoms with Crippen LogP contribution in [0.25, 0.3) is 5.82 Å². The van der Waals surface area contributed by atoms with Gasteiger partial charge in [0.1, 0.15) is 0 Å². The zero-order valence-electron chi connectivity index (χ0n) is 8.29. The van der Waals surface area contributed by atoms with E-state index in [0.717, 1.165) is 3.57 Å². The zero-order chi connectivity index (χ0) is 11.5. The van der Waals surface area contributed by atoms with E-state index >= 15 is 0 Å². The predicted molar refractivity (Wildman–Crippen MR) is 63.2 cm³/mol. The van der Waals surface area contributed by atoms with Crippen molar-refractivity contribution >= 4 is 28.6 Å². The smallest absolute Gasteiger partial charge is 0.358 e. The lowest BCUT2D eigenvalue weighted by atomic mass is 10.4. The highest BCUT2D eigenvalue weighted by Gasteiger charge is 2.08. The fourth-order valence-corrected chi connectivity index (χ4v) is 1.46. The summed E-state index contributed by atoms with van der Waals surface area (Å²) in [7, 11) is 1.30. The van der Waals surface area contributed by atoms with Crippen molar-refractivity contribution in [2.75, 3.05) is 7.11 Å². The van der Waals surface area contributed by atoms with Gasteiger partial charge in [-0.15, -0.1) is 0 Å². The summed E-state index contributed by atoms with van der Waals surface area (Å²) >= 11 is 2.15. The van der Waals surface area contributed by atoms with Crippen LogP contribution in [0.1, 0.15) is 10.5 Å². The van der Waals surface area contributed by atoms with E-state index in [9.17, 15) is 4.79 Å². The first-order valence-corrected chi connectivity index (χ1v) is 5.39. The van der Waals surface area contributed by atoms with E-state index < -0.39 is 5.97 Å². The first-order valence-electron chi connectivity index (χ1n) is 4.31. The molecule has 0 aliphatic carbocycles. The maximum absolute atomic E-state index is 11.1. The van der Waals surface area contributed by atoms with Gasteiger partial charge in [-0.1, -0.05) is 0 Å². The molecule has 0 saturated carbocycles. The number of aromatic nitrogens is 4. The van der Waals surface area contributed by atoms with E-state index in [2.05, 4.69) is 42.4 Å². The van der Waals surface area contributed by atoms with Crippen LogP contribution in [0.3, 0.4) is 0 Å². The van der Waals surface area contributed by atoms with Gasteiger partial charge in [-0.3, -0.25) is 0 Å². The van der Waals surface area contributed by atoms with E-state index in [1.165, 1.54) is 19.5 Å². The van der Waals surface area contributed by atoms with E-state index in [1.807, 2.05) is 6.20 Å². The molecule has 2 rings (SSSR count). The van der Waals surface area contributed by atoms with Crippen LogP contribution in [-0.4, -0.2) is 32.8 Å². The predicted octanol–water partition coefficient (Wildman–Crippen LogP) is 1.05. The number of ether oxygens (including phenoxy) is 1. The third kappa shape index (κ3) is 2.18. The summed E-state index contributed by atoms with van der Waals surface area (Å²) in [5.74, 6) is 0.0460. The molecule has 6 nitrogen and oxygen atoms in total. The molecular formula is C9H7IN4O2. The second-order valence-corrected chi connectivity index (χ2v) is 4.10. The van der Waals surface area contributed by atoms with Crippen molar-refractivity contribution in [3.8, 4) is 5.82 Å². The Morgan fingerprint density at radius 2 is 2.19 bits per heavy atom. The molecule has 2 aromatic rings. The number of halogens is 1. The minimum atomic E-state index is -0.505. The van der Waals surface area contributed by atoms with Crippen LogP contribution >= 0.6 is 22.6 Å². The maximum Gasteiger partial charge on any atom is 0.358 e. The van der Waals surface area contributed by atoms with Crippen LogP contribution < -0.4 is 0 Å². The number of nitrogens with zero attached hydrogens (tertiary/aromatic N) is 4. The number of hydrogen-bond donors (Lipinski definition) is 0. The fraction of sp³-hybridized carbons (Fsp3) is 0.111. The van der Waals surface area contributed by atoms with E-state index in [4.69, 9.17) is 0 Å². The average molecular weight is 330 g/mol. The molecule has 0 amide bonds. The highest BCUT2D eigenvalue weighted by atomic mass is 127. The van der Waals surface area contributed by atoms with Crippen molar-refractivity contribution in [1.82, 2.24) is 19.7 Å². The first-order chi connectivity index (χ1) is 7.70. The van der Waals surface area contributed by atoms with Gasteiger partial charge in [-0.25, -0.2) is 19.4 Å². The molecule has 0 atom stereocenters. The number of rotatable bonds is 2. The molecule has 0 aliphatic rings. The Bertz CT molecular complexity index is 508. The largest absolute Gasteiger partial charge is 0.464 e. The van der Waals surface area contributed by atoms with Gasteiger partial charge in [0.05, 0.1) is 29.3 Å². The van der Waals surface area contributed by atoms with E-state index in [0.29, 0.717) is 5.82 Å². The van der Waals surface area contributed by atoms with Gasteiger partial charge < -0.3 is 4.74 Å². The van der Waals surface area contributed by atoms with Gasteiger partial charge in [-0.2, -0.15) is 5.10 Å².